The van der Waals surface area contributed by atoms with E-state index in [1.54, 1.807) is 0 Å². The van der Waals surface area contributed by atoms with Crippen molar-refractivity contribution in [3.05, 3.63) is 52.4 Å². The first-order valence-electron chi connectivity index (χ1n) is 6.09. The highest BCUT2D eigenvalue weighted by molar-refractivity contribution is 6.67. The van der Waals surface area contributed by atoms with Crippen molar-refractivity contribution in [1.82, 2.24) is 0 Å². The van der Waals surface area contributed by atoms with Crippen LogP contribution in [0.2, 0.25) is 0 Å². The minimum Gasteiger partial charge on any atom is -0.491 e. The number of ether oxygens (including phenoxy) is 1. The van der Waals surface area contributed by atoms with Gasteiger partial charge in [-0.2, -0.15) is 8.78 Å². The monoisotopic (exact) mass is 335 g/mol. The maximum atomic E-state index is 13.8. The van der Waals surface area contributed by atoms with Crippen molar-refractivity contribution >= 4 is 18.2 Å². The lowest BCUT2D eigenvalue weighted by molar-refractivity contribution is 0.335. The zero-order valence-corrected chi connectivity index (χ0v) is 11.7. The molecular formula is C14H7BF7O. The number of hydrogen-bond acceptors (Lipinski definition) is 1. The molecule has 23 heavy (non-hydrogen) atoms. The maximum absolute atomic E-state index is 13.8. The highest BCUT2D eigenvalue weighted by Crippen LogP contribution is 2.24. The molecule has 1 nitrogen and oxygen atoms in total. The Morgan fingerprint density at radius 3 is 1.70 bits per heavy atom. The first-order chi connectivity index (χ1) is 10.7. The fourth-order valence-electron chi connectivity index (χ4n) is 1.94. The van der Waals surface area contributed by atoms with Crippen LogP contribution in [-0.4, -0.2) is 14.4 Å². The van der Waals surface area contributed by atoms with E-state index >= 15 is 0 Å². The molecule has 0 saturated heterocycles. The molecule has 9 heteroatoms. The third-order valence-corrected chi connectivity index (χ3v) is 3.13. The minimum absolute atomic E-state index is 0.142. The van der Waals surface area contributed by atoms with E-state index in [9.17, 15) is 30.7 Å². The summed E-state index contributed by atoms with van der Waals surface area (Å²) in [6.45, 7) is 1.07. The molecule has 0 atom stereocenters. The first-order valence-corrected chi connectivity index (χ1v) is 6.09. The first kappa shape index (κ1) is 17.2. The Morgan fingerprint density at radius 2 is 1.22 bits per heavy atom. The number of benzene rings is 2. The van der Waals surface area contributed by atoms with Crippen molar-refractivity contribution in [3.8, 4) is 5.75 Å². The molecule has 0 spiro atoms. The van der Waals surface area contributed by atoms with Gasteiger partial charge in [-0.1, -0.05) is 0 Å². The Morgan fingerprint density at radius 1 is 0.739 bits per heavy atom. The number of halogens is 7. The molecule has 0 bridgehead atoms. The Bertz CT molecular complexity index is 763. The molecule has 1 radical (unpaired) electrons. The normalized spacial score (nSPS) is 10.8. The molecule has 0 unspecified atom stereocenters. The van der Waals surface area contributed by atoms with Crippen LogP contribution in [0.15, 0.2) is 6.07 Å². The van der Waals surface area contributed by atoms with Gasteiger partial charge in [-0.05, 0) is 29.5 Å². The van der Waals surface area contributed by atoms with Crippen LogP contribution in [0.25, 0.3) is 0 Å². The van der Waals surface area contributed by atoms with Gasteiger partial charge in [0.15, 0.2) is 29.0 Å². The van der Waals surface area contributed by atoms with E-state index in [1.165, 1.54) is 0 Å². The van der Waals surface area contributed by atoms with Gasteiger partial charge >= 0.3 is 0 Å². The van der Waals surface area contributed by atoms with Gasteiger partial charge in [-0.25, -0.2) is 22.0 Å². The van der Waals surface area contributed by atoms with Gasteiger partial charge in [0.2, 0.25) is 18.9 Å². The van der Waals surface area contributed by atoms with Crippen LogP contribution >= 0.6 is 0 Å². The Labute approximate surface area is 126 Å². The second kappa shape index (κ2) is 6.13. The largest absolute Gasteiger partial charge is 0.491 e. The zero-order valence-electron chi connectivity index (χ0n) is 11.7. The lowest BCUT2D eigenvalue weighted by atomic mass is 9.62. The highest BCUT2D eigenvalue weighted by atomic mass is 19.2. The van der Waals surface area contributed by atoms with Crippen LogP contribution in [-0.2, 0) is 0 Å². The molecule has 0 aromatic heterocycles. The van der Waals surface area contributed by atoms with E-state index in [2.05, 4.69) is 4.74 Å². The molecule has 2 aromatic carbocycles. The second-order valence-corrected chi connectivity index (χ2v) is 4.56. The molecule has 0 aliphatic heterocycles. The summed E-state index contributed by atoms with van der Waals surface area (Å²) < 4.78 is 99.7. The van der Waals surface area contributed by atoms with Crippen LogP contribution in [0, 0.1) is 47.6 Å². The van der Waals surface area contributed by atoms with E-state index in [0.29, 0.717) is 6.07 Å². The molecule has 121 valence electrons. The molecule has 2 rings (SSSR count). The highest BCUT2D eigenvalue weighted by Gasteiger charge is 2.29. The molecule has 0 N–H and O–H groups in total. The van der Waals surface area contributed by atoms with Crippen LogP contribution in [0.1, 0.15) is 5.56 Å². The summed E-state index contributed by atoms with van der Waals surface area (Å²) in [4.78, 5) is 0. The van der Waals surface area contributed by atoms with E-state index in [1.807, 2.05) is 0 Å². The minimum atomic E-state index is -1.93. The molecule has 0 saturated carbocycles. The second-order valence-electron chi connectivity index (χ2n) is 4.56. The zero-order chi connectivity index (χ0) is 17.5. The fourth-order valence-corrected chi connectivity index (χ4v) is 1.94. The molecule has 0 aliphatic carbocycles. The van der Waals surface area contributed by atoms with Gasteiger partial charge in [-0.3, -0.25) is 0 Å². The lowest BCUT2D eigenvalue weighted by Gasteiger charge is -2.12. The van der Waals surface area contributed by atoms with Crippen molar-refractivity contribution in [3.63, 3.8) is 0 Å². The van der Waals surface area contributed by atoms with Gasteiger partial charge in [-0.15, -0.1) is 0 Å². The van der Waals surface area contributed by atoms with Crippen LogP contribution < -0.4 is 15.7 Å². The maximum Gasteiger partial charge on any atom is 0.207 e. The molecular weight excluding hydrogens is 328 g/mol. The van der Waals surface area contributed by atoms with E-state index in [4.69, 9.17) is 0 Å². The van der Waals surface area contributed by atoms with E-state index in [0.717, 1.165) is 14.0 Å². The van der Waals surface area contributed by atoms with Gasteiger partial charge in [0.05, 0.1) is 7.11 Å². The van der Waals surface area contributed by atoms with Gasteiger partial charge in [0.1, 0.15) is 5.82 Å². The van der Waals surface area contributed by atoms with Crippen LogP contribution in [0.3, 0.4) is 0 Å². The average Bonchev–Trinajstić information content (AvgIpc) is 2.51. The number of rotatable bonds is 3. The number of aryl methyl sites for hydroxylation is 1. The van der Waals surface area contributed by atoms with Gasteiger partial charge < -0.3 is 4.74 Å². The molecule has 0 amide bonds. The molecule has 0 aliphatic rings. The van der Waals surface area contributed by atoms with E-state index < -0.39 is 57.4 Å². The lowest BCUT2D eigenvalue weighted by Crippen LogP contribution is -2.38. The van der Waals surface area contributed by atoms with E-state index in [-0.39, 0.29) is 12.8 Å². The topological polar surface area (TPSA) is 9.23 Å². The fraction of sp³-hybridized carbons (Fsp3) is 0.143. The Balaban J connectivity index is 2.65. The molecule has 0 heterocycles. The third-order valence-electron chi connectivity index (χ3n) is 3.13. The van der Waals surface area contributed by atoms with Crippen molar-refractivity contribution in [2.75, 3.05) is 7.11 Å². The summed E-state index contributed by atoms with van der Waals surface area (Å²) >= 11 is 0. The number of methoxy groups -OCH3 is 1. The van der Waals surface area contributed by atoms with Crippen molar-refractivity contribution < 1.29 is 35.5 Å². The molecule has 2 aromatic rings. The van der Waals surface area contributed by atoms with Crippen molar-refractivity contribution in [2.24, 2.45) is 0 Å². The summed E-state index contributed by atoms with van der Waals surface area (Å²) in [7, 11) is 0.919. The van der Waals surface area contributed by atoms with Crippen molar-refractivity contribution in [1.29, 1.82) is 0 Å². The quantitative estimate of drug-likeness (QED) is 0.476. The van der Waals surface area contributed by atoms with Crippen LogP contribution in [0.5, 0.6) is 5.75 Å². The Kier molecular flexibility index (Phi) is 4.58. The Hall–Kier alpha value is -2.19. The van der Waals surface area contributed by atoms with Gasteiger partial charge in [0.25, 0.3) is 0 Å². The summed E-state index contributed by atoms with van der Waals surface area (Å²) in [6.07, 6.45) is 0. The number of hydrogen-bond donors (Lipinski definition) is 0. The van der Waals surface area contributed by atoms with Crippen LogP contribution in [0.4, 0.5) is 30.7 Å². The predicted octanol–water partition coefficient (Wildman–Crippen LogP) is 2.63. The smallest absolute Gasteiger partial charge is 0.207 e. The third kappa shape index (κ3) is 2.75. The van der Waals surface area contributed by atoms with Crippen molar-refractivity contribution in [2.45, 2.75) is 6.92 Å². The van der Waals surface area contributed by atoms with Gasteiger partial charge in [0, 0.05) is 0 Å². The summed E-state index contributed by atoms with van der Waals surface area (Å²) in [5, 5.41) is 0. The molecule has 0 fully saturated rings. The predicted molar refractivity (Wildman–Crippen MR) is 68.9 cm³/mol. The summed E-state index contributed by atoms with van der Waals surface area (Å²) in [5.74, 6) is -13.5. The average molecular weight is 335 g/mol. The summed E-state index contributed by atoms with van der Waals surface area (Å²) in [6, 6.07) is 0.580. The summed E-state index contributed by atoms with van der Waals surface area (Å²) in [5.41, 5.74) is -2.96. The SMILES string of the molecule is COc1c(F)c(F)c([B]c2c(F)cc(C)c(F)c2F)c(F)c1F. The standard InChI is InChI=1S/C14H7BF7O/c1-4-3-5(16)6(9(18)8(4)17)15-7-10(19)12(21)14(23-2)13(22)11(7)20/h3H,1-2H3.